The smallest absolute Gasteiger partial charge is 0.305 e. The van der Waals surface area contributed by atoms with E-state index in [1.54, 1.807) is 19.2 Å². The van der Waals surface area contributed by atoms with Crippen LogP contribution in [0, 0.1) is 5.82 Å². The number of amides is 1. The summed E-state index contributed by atoms with van der Waals surface area (Å²) in [5, 5.41) is 9.04. The Morgan fingerprint density at radius 3 is 2.77 bits per heavy atom. The Balaban J connectivity index is 1.69. The van der Waals surface area contributed by atoms with Gasteiger partial charge < -0.3 is 19.2 Å². The number of carboxylic acids is 1. The van der Waals surface area contributed by atoms with Crippen molar-refractivity contribution < 1.29 is 28.2 Å². The first-order valence-corrected chi connectivity index (χ1v) is 8.20. The number of benzene rings is 1. The topological polar surface area (TPSA) is 92.9 Å². The summed E-state index contributed by atoms with van der Waals surface area (Å²) in [5.74, 6) is -1.24. The quantitative estimate of drug-likeness (QED) is 0.846. The van der Waals surface area contributed by atoms with Crippen LogP contribution in [0.2, 0.25) is 0 Å². The van der Waals surface area contributed by atoms with E-state index in [9.17, 15) is 14.0 Å². The van der Waals surface area contributed by atoms with Gasteiger partial charge in [-0.15, -0.1) is 0 Å². The minimum absolute atomic E-state index is 0.00273. The molecule has 1 aromatic carbocycles. The van der Waals surface area contributed by atoms with Gasteiger partial charge in [0.15, 0.2) is 0 Å². The molecule has 0 bridgehead atoms. The van der Waals surface area contributed by atoms with E-state index in [1.165, 1.54) is 23.3 Å². The molecule has 3 rings (SSSR count). The number of hydrogen-bond acceptors (Lipinski definition) is 5. The summed E-state index contributed by atoms with van der Waals surface area (Å²) in [4.78, 5) is 29.4. The second-order valence-corrected chi connectivity index (χ2v) is 6.22. The summed E-state index contributed by atoms with van der Waals surface area (Å²) in [5.41, 5.74) is 1.04. The summed E-state index contributed by atoms with van der Waals surface area (Å²) >= 11 is 0. The number of carbonyl (C=O) groups excluding carboxylic acids is 1. The number of oxazole rings is 1. The molecule has 1 N–H and O–H groups in total. The van der Waals surface area contributed by atoms with Gasteiger partial charge in [-0.2, -0.15) is 0 Å². The molecule has 2 heterocycles. The van der Waals surface area contributed by atoms with Gasteiger partial charge in [-0.25, -0.2) is 9.37 Å². The van der Waals surface area contributed by atoms with E-state index in [1.807, 2.05) is 0 Å². The number of ether oxygens (including phenoxy) is 1. The van der Waals surface area contributed by atoms with Crippen molar-refractivity contribution in [3.8, 4) is 11.5 Å². The van der Waals surface area contributed by atoms with Gasteiger partial charge in [0.1, 0.15) is 12.1 Å². The minimum atomic E-state index is -0.954. The van der Waals surface area contributed by atoms with Gasteiger partial charge in [0, 0.05) is 25.3 Å². The van der Waals surface area contributed by atoms with Gasteiger partial charge >= 0.3 is 5.97 Å². The van der Waals surface area contributed by atoms with Crippen LogP contribution in [0.4, 0.5) is 4.39 Å². The van der Waals surface area contributed by atoms with Gasteiger partial charge in [-0.3, -0.25) is 9.59 Å². The number of halogens is 1. The Bertz CT molecular complexity index is 789. The molecule has 0 spiro atoms. The molecule has 0 radical (unpaired) electrons. The fraction of sp³-hybridized carbons (Fsp3) is 0.389. The highest BCUT2D eigenvalue weighted by atomic mass is 19.1. The number of hydrogen-bond donors (Lipinski definition) is 1. The maximum atomic E-state index is 13.0. The van der Waals surface area contributed by atoms with Crippen molar-refractivity contribution in [2.75, 3.05) is 13.7 Å². The molecule has 1 fully saturated rings. The van der Waals surface area contributed by atoms with E-state index >= 15 is 0 Å². The molecule has 138 valence electrons. The third kappa shape index (κ3) is 4.08. The summed E-state index contributed by atoms with van der Waals surface area (Å²) in [7, 11) is 1.54. The fourth-order valence-electron chi connectivity index (χ4n) is 3.11. The SMILES string of the molecule is COC1CC(CC(=O)O)N(C(=O)Cc2coc(-c3ccc(F)cc3)n2)C1. The second-order valence-electron chi connectivity index (χ2n) is 6.22. The number of aliphatic carboxylic acids is 1. The molecule has 2 unspecified atom stereocenters. The van der Waals surface area contributed by atoms with Gasteiger partial charge in [0.05, 0.1) is 24.6 Å². The largest absolute Gasteiger partial charge is 0.481 e. The molecule has 1 aliphatic heterocycles. The molecule has 1 saturated heterocycles. The molecule has 2 atom stereocenters. The molecular formula is C18H19FN2O5. The average molecular weight is 362 g/mol. The lowest BCUT2D eigenvalue weighted by molar-refractivity contribution is -0.139. The van der Waals surface area contributed by atoms with Crippen LogP contribution in [0.15, 0.2) is 34.9 Å². The number of likely N-dealkylation sites (tertiary alicyclic amines) is 1. The van der Waals surface area contributed by atoms with Crippen LogP contribution >= 0.6 is 0 Å². The van der Waals surface area contributed by atoms with Gasteiger partial charge in [-0.05, 0) is 30.7 Å². The van der Waals surface area contributed by atoms with Crippen molar-refractivity contribution in [1.82, 2.24) is 9.88 Å². The lowest BCUT2D eigenvalue weighted by Gasteiger charge is -2.22. The monoisotopic (exact) mass is 362 g/mol. The number of methoxy groups -OCH3 is 1. The van der Waals surface area contributed by atoms with Crippen LogP contribution in [0.5, 0.6) is 0 Å². The number of carboxylic acid groups (broad SMARTS) is 1. The molecule has 0 aliphatic carbocycles. The van der Waals surface area contributed by atoms with Crippen LogP contribution in [0.1, 0.15) is 18.5 Å². The van der Waals surface area contributed by atoms with E-state index in [-0.39, 0.29) is 30.7 Å². The molecule has 26 heavy (non-hydrogen) atoms. The molecular weight excluding hydrogens is 343 g/mol. The number of aromatic nitrogens is 1. The van der Waals surface area contributed by atoms with Crippen molar-refractivity contribution >= 4 is 11.9 Å². The van der Waals surface area contributed by atoms with Crippen molar-refractivity contribution in [2.45, 2.75) is 31.4 Å². The van der Waals surface area contributed by atoms with E-state index in [0.29, 0.717) is 30.1 Å². The van der Waals surface area contributed by atoms with Gasteiger partial charge in [-0.1, -0.05) is 0 Å². The Hall–Kier alpha value is -2.74. The van der Waals surface area contributed by atoms with Crippen LogP contribution < -0.4 is 0 Å². The highest BCUT2D eigenvalue weighted by Crippen LogP contribution is 2.24. The van der Waals surface area contributed by atoms with Gasteiger partial charge in [0.25, 0.3) is 0 Å². The lowest BCUT2D eigenvalue weighted by Crippen LogP contribution is -2.38. The predicted molar refractivity (Wildman–Crippen MR) is 88.8 cm³/mol. The zero-order chi connectivity index (χ0) is 18.7. The van der Waals surface area contributed by atoms with Crippen LogP contribution in [0.25, 0.3) is 11.5 Å². The number of rotatable bonds is 6. The zero-order valence-electron chi connectivity index (χ0n) is 14.2. The van der Waals surface area contributed by atoms with E-state index in [4.69, 9.17) is 14.3 Å². The van der Waals surface area contributed by atoms with Crippen LogP contribution in [-0.2, 0) is 20.7 Å². The summed E-state index contributed by atoms with van der Waals surface area (Å²) in [6, 6.07) is 5.29. The summed E-state index contributed by atoms with van der Waals surface area (Å²) < 4.78 is 23.6. The van der Waals surface area contributed by atoms with Crippen molar-refractivity contribution in [2.24, 2.45) is 0 Å². The normalized spacial score (nSPS) is 19.7. The van der Waals surface area contributed by atoms with Crippen molar-refractivity contribution in [1.29, 1.82) is 0 Å². The third-order valence-corrected chi connectivity index (χ3v) is 4.42. The van der Waals surface area contributed by atoms with Crippen LogP contribution in [-0.4, -0.2) is 52.7 Å². The van der Waals surface area contributed by atoms with E-state index in [0.717, 1.165) is 0 Å². The van der Waals surface area contributed by atoms with E-state index < -0.39 is 12.0 Å². The molecule has 8 heteroatoms. The Kier molecular flexibility index (Phi) is 5.32. The molecule has 1 aromatic heterocycles. The maximum Gasteiger partial charge on any atom is 0.305 e. The minimum Gasteiger partial charge on any atom is -0.481 e. The average Bonchev–Trinajstić information content (AvgIpc) is 3.22. The first-order valence-electron chi connectivity index (χ1n) is 8.20. The molecule has 1 aliphatic rings. The Morgan fingerprint density at radius 1 is 1.38 bits per heavy atom. The Morgan fingerprint density at radius 2 is 2.12 bits per heavy atom. The van der Waals surface area contributed by atoms with Gasteiger partial charge in [0.2, 0.25) is 11.8 Å². The standard InChI is InChI=1S/C18H19FN2O5/c1-25-15-7-14(8-17(23)24)21(9-15)16(22)6-13-10-26-18(20-13)11-2-4-12(19)5-3-11/h2-5,10,14-15H,6-9H2,1H3,(H,23,24). The third-order valence-electron chi connectivity index (χ3n) is 4.42. The van der Waals surface area contributed by atoms with Crippen molar-refractivity contribution in [3.63, 3.8) is 0 Å². The second kappa shape index (κ2) is 7.65. The first-order chi connectivity index (χ1) is 12.5. The molecule has 7 nitrogen and oxygen atoms in total. The van der Waals surface area contributed by atoms with E-state index in [2.05, 4.69) is 4.98 Å². The lowest BCUT2D eigenvalue weighted by atomic mass is 10.1. The fourth-order valence-corrected chi connectivity index (χ4v) is 3.11. The number of carbonyl (C=O) groups is 2. The highest BCUT2D eigenvalue weighted by molar-refractivity contribution is 5.80. The molecule has 0 saturated carbocycles. The maximum absolute atomic E-state index is 13.0. The molecule has 1 amide bonds. The predicted octanol–water partition coefficient (Wildman–Crippen LogP) is 2.11. The molecule has 2 aromatic rings. The van der Waals surface area contributed by atoms with Crippen molar-refractivity contribution in [3.05, 3.63) is 42.0 Å². The first kappa shape index (κ1) is 18.1. The Labute approximate surface area is 149 Å². The number of nitrogens with zero attached hydrogens (tertiary/aromatic N) is 2. The zero-order valence-corrected chi connectivity index (χ0v) is 14.2. The summed E-state index contributed by atoms with van der Waals surface area (Å²) in [6.07, 6.45) is 1.58. The van der Waals surface area contributed by atoms with Crippen LogP contribution in [0.3, 0.4) is 0 Å². The highest BCUT2D eigenvalue weighted by Gasteiger charge is 2.36. The summed E-state index contributed by atoms with van der Waals surface area (Å²) in [6.45, 7) is 0.357.